The van der Waals surface area contributed by atoms with Crippen LogP contribution in [0.1, 0.15) is 90.0 Å². The van der Waals surface area contributed by atoms with Gasteiger partial charge in [-0.05, 0) is 96.5 Å². The largest absolute Gasteiger partial charge is 0.488 e. The van der Waals surface area contributed by atoms with Crippen molar-refractivity contribution in [2.75, 3.05) is 39.3 Å². The zero-order chi connectivity index (χ0) is 23.3. The number of likely N-dealkylation sites (tertiary alicyclic amines) is 1. The first kappa shape index (κ1) is 24.4. The molecule has 2 heterocycles. The van der Waals surface area contributed by atoms with Crippen LogP contribution in [0.3, 0.4) is 0 Å². The lowest BCUT2D eigenvalue weighted by Crippen LogP contribution is -2.40. The third kappa shape index (κ3) is 6.65. The molecule has 184 valence electrons. The number of ether oxygens (including phenoxy) is 1. The summed E-state index contributed by atoms with van der Waals surface area (Å²) in [6.45, 7) is 12.6. The topological polar surface area (TPSA) is 36.0 Å². The first-order valence-electron chi connectivity index (χ1n) is 13.5. The number of urea groups is 1. The normalized spacial score (nSPS) is 21.7. The molecule has 3 aliphatic rings. The van der Waals surface area contributed by atoms with E-state index in [1.54, 1.807) is 0 Å². The van der Waals surface area contributed by atoms with Crippen LogP contribution in [0.2, 0.25) is 0 Å². The summed E-state index contributed by atoms with van der Waals surface area (Å²) in [5.74, 6) is 1.65. The minimum Gasteiger partial charge on any atom is -0.488 e. The molecule has 5 heteroatoms. The van der Waals surface area contributed by atoms with Crippen LogP contribution in [-0.4, -0.2) is 71.6 Å². The summed E-state index contributed by atoms with van der Waals surface area (Å²) in [4.78, 5) is 19.7. The third-order valence-corrected chi connectivity index (χ3v) is 7.66. The van der Waals surface area contributed by atoms with Gasteiger partial charge in [0.2, 0.25) is 0 Å². The number of carbonyl (C=O) groups excluding carboxylic acids is 1. The van der Waals surface area contributed by atoms with E-state index in [0.717, 1.165) is 51.4 Å². The molecule has 1 aromatic carbocycles. The SMILES string of the molecule is CC(C)(C)Oc1ccccc1C1CCN(CCCCN2CCN(C3CCCCC3)C2=O)CC1. The molecule has 2 saturated heterocycles. The smallest absolute Gasteiger partial charge is 0.320 e. The van der Waals surface area contributed by atoms with Gasteiger partial charge in [0.05, 0.1) is 0 Å². The van der Waals surface area contributed by atoms with E-state index in [1.807, 2.05) is 0 Å². The number of benzene rings is 1. The maximum atomic E-state index is 12.8. The Kier molecular flexibility index (Phi) is 8.21. The van der Waals surface area contributed by atoms with E-state index in [0.29, 0.717) is 18.0 Å². The molecule has 4 rings (SSSR count). The quantitative estimate of drug-likeness (QED) is 0.458. The van der Waals surface area contributed by atoms with Crippen LogP contribution in [0.4, 0.5) is 4.79 Å². The number of hydrogen-bond acceptors (Lipinski definition) is 3. The van der Waals surface area contributed by atoms with Gasteiger partial charge in [-0.1, -0.05) is 37.5 Å². The van der Waals surface area contributed by atoms with Crippen molar-refractivity contribution in [3.05, 3.63) is 29.8 Å². The number of rotatable bonds is 8. The van der Waals surface area contributed by atoms with E-state index >= 15 is 0 Å². The molecule has 2 amide bonds. The minimum atomic E-state index is -0.166. The van der Waals surface area contributed by atoms with E-state index in [2.05, 4.69) is 59.7 Å². The van der Waals surface area contributed by atoms with Crippen molar-refractivity contribution in [1.29, 1.82) is 0 Å². The van der Waals surface area contributed by atoms with Crippen LogP contribution in [0, 0.1) is 0 Å². The lowest BCUT2D eigenvalue weighted by atomic mass is 9.88. The molecule has 0 bridgehead atoms. The number of para-hydroxylation sites is 1. The molecule has 1 aromatic rings. The Morgan fingerprint density at radius 3 is 2.30 bits per heavy atom. The van der Waals surface area contributed by atoms with Crippen LogP contribution in [-0.2, 0) is 0 Å². The Morgan fingerprint density at radius 1 is 0.879 bits per heavy atom. The molecular formula is C28H45N3O2. The van der Waals surface area contributed by atoms with Crippen molar-refractivity contribution < 1.29 is 9.53 Å². The van der Waals surface area contributed by atoms with Gasteiger partial charge in [-0.15, -0.1) is 0 Å². The highest BCUT2D eigenvalue weighted by Crippen LogP contribution is 2.35. The fourth-order valence-electron chi connectivity index (χ4n) is 5.89. The van der Waals surface area contributed by atoms with E-state index in [9.17, 15) is 4.79 Å². The Hall–Kier alpha value is -1.75. The second-order valence-electron chi connectivity index (χ2n) is 11.3. The zero-order valence-corrected chi connectivity index (χ0v) is 21.2. The fourth-order valence-corrected chi connectivity index (χ4v) is 5.89. The maximum absolute atomic E-state index is 12.8. The Balaban J connectivity index is 1.16. The molecule has 0 atom stereocenters. The first-order valence-corrected chi connectivity index (χ1v) is 13.5. The van der Waals surface area contributed by atoms with E-state index in [4.69, 9.17) is 4.74 Å². The second-order valence-corrected chi connectivity index (χ2v) is 11.3. The first-order chi connectivity index (χ1) is 15.9. The molecular weight excluding hydrogens is 410 g/mol. The summed E-state index contributed by atoms with van der Waals surface area (Å²) >= 11 is 0. The zero-order valence-electron chi connectivity index (χ0n) is 21.2. The molecule has 0 unspecified atom stereocenters. The lowest BCUT2D eigenvalue weighted by molar-refractivity contribution is 0.126. The van der Waals surface area contributed by atoms with E-state index in [1.165, 1.54) is 56.9 Å². The second kappa shape index (κ2) is 11.1. The molecule has 1 aliphatic carbocycles. The molecule has 5 nitrogen and oxygen atoms in total. The van der Waals surface area contributed by atoms with Crippen LogP contribution in [0.5, 0.6) is 5.75 Å². The summed E-state index contributed by atoms with van der Waals surface area (Å²) in [5, 5.41) is 0. The number of unbranched alkanes of at least 4 members (excludes halogenated alkanes) is 1. The Labute approximate surface area is 201 Å². The van der Waals surface area contributed by atoms with Gasteiger partial charge >= 0.3 is 6.03 Å². The Bertz CT molecular complexity index is 761. The van der Waals surface area contributed by atoms with Gasteiger partial charge in [-0.3, -0.25) is 0 Å². The summed E-state index contributed by atoms with van der Waals surface area (Å²) in [6.07, 6.45) is 11.0. The average Bonchev–Trinajstić information content (AvgIpc) is 3.17. The average molecular weight is 456 g/mol. The van der Waals surface area contributed by atoms with Crippen LogP contribution >= 0.6 is 0 Å². The van der Waals surface area contributed by atoms with Crippen molar-refractivity contribution in [2.24, 2.45) is 0 Å². The lowest BCUT2D eigenvalue weighted by Gasteiger charge is -2.34. The Morgan fingerprint density at radius 2 is 1.58 bits per heavy atom. The van der Waals surface area contributed by atoms with Gasteiger partial charge in [-0.2, -0.15) is 0 Å². The third-order valence-electron chi connectivity index (χ3n) is 7.66. The van der Waals surface area contributed by atoms with Crippen LogP contribution in [0.15, 0.2) is 24.3 Å². The van der Waals surface area contributed by atoms with Gasteiger partial charge < -0.3 is 19.4 Å². The molecule has 0 spiro atoms. The van der Waals surface area contributed by atoms with E-state index in [-0.39, 0.29) is 5.60 Å². The number of nitrogens with zero attached hydrogens (tertiary/aromatic N) is 3. The van der Waals surface area contributed by atoms with Crippen LogP contribution < -0.4 is 4.74 Å². The number of carbonyl (C=O) groups is 1. The predicted molar refractivity (Wildman–Crippen MR) is 135 cm³/mol. The highest BCUT2D eigenvalue weighted by molar-refractivity contribution is 5.76. The number of piperidine rings is 1. The maximum Gasteiger partial charge on any atom is 0.320 e. The standard InChI is InChI=1S/C28H45N3O2/c1-28(2,3)33-26-14-8-7-13-25(26)23-15-19-29(20-16-23)17-9-10-18-30-21-22-31(27(30)32)24-11-5-4-6-12-24/h7-8,13-14,23-24H,4-6,9-12,15-22H2,1-3H3. The molecule has 1 saturated carbocycles. The summed E-state index contributed by atoms with van der Waals surface area (Å²) in [7, 11) is 0. The number of amides is 2. The predicted octanol–water partition coefficient (Wildman–Crippen LogP) is 5.89. The fraction of sp³-hybridized carbons (Fsp3) is 0.750. The molecule has 3 fully saturated rings. The van der Waals surface area contributed by atoms with Crippen LogP contribution in [0.25, 0.3) is 0 Å². The van der Waals surface area contributed by atoms with Crippen molar-refractivity contribution >= 4 is 6.03 Å². The highest BCUT2D eigenvalue weighted by atomic mass is 16.5. The summed E-state index contributed by atoms with van der Waals surface area (Å²) < 4.78 is 6.25. The molecule has 2 aliphatic heterocycles. The summed E-state index contributed by atoms with van der Waals surface area (Å²) in [6, 6.07) is 9.42. The van der Waals surface area contributed by atoms with E-state index < -0.39 is 0 Å². The van der Waals surface area contributed by atoms with Gasteiger partial charge in [0.15, 0.2) is 0 Å². The molecule has 0 aromatic heterocycles. The minimum absolute atomic E-state index is 0.166. The van der Waals surface area contributed by atoms with Gasteiger partial charge in [0.1, 0.15) is 11.4 Å². The van der Waals surface area contributed by atoms with Gasteiger partial charge in [0.25, 0.3) is 0 Å². The highest BCUT2D eigenvalue weighted by Gasteiger charge is 2.33. The molecule has 0 radical (unpaired) electrons. The summed E-state index contributed by atoms with van der Waals surface area (Å²) in [5.41, 5.74) is 1.21. The molecule has 33 heavy (non-hydrogen) atoms. The van der Waals surface area contributed by atoms with Gasteiger partial charge in [-0.25, -0.2) is 4.79 Å². The van der Waals surface area contributed by atoms with Crippen molar-refractivity contribution in [3.63, 3.8) is 0 Å². The molecule has 0 N–H and O–H groups in total. The number of hydrogen-bond donors (Lipinski definition) is 0. The van der Waals surface area contributed by atoms with Crippen molar-refractivity contribution in [1.82, 2.24) is 14.7 Å². The van der Waals surface area contributed by atoms with Crippen molar-refractivity contribution in [2.45, 2.75) is 96.1 Å². The monoisotopic (exact) mass is 455 g/mol. The van der Waals surface area contributed by atoms with Gasteiger partial charge in [0, 0.05) is 25.7 Å². The van der Waals surface area contributed by atoms with Crippen molar-refractivity contribution in [3.8, 4) is 5.75 Å².